The first kappa shape index (κ1) is 16.7. The van der Waals surface area contributed by atoms with Crippen molar-refractivity contribution in [1.82, 2.24) is 5.32 Å². The van der Waals surface area contributed by atoms with Crippen molar-refractivity contribution in [3.63, 3.8) is 0 Å². The largest absolute Gasteiger partial charge is 0.467 e. The number of amides is 1. The number of carbonyl (C=O) groups excluding carboxylic acids is 2. The first-order valence-corrected chi connectivity index (χ1v) is 7.29. The maximum absolute atomic E-state index is 12.2. The average molecular weight is 342 g/mol. The molecule has 0 saturated carbocycles. The quantitative estimate of drug-likeness (QED) is 0.837. The van der Waals surface area contributed by atoms with Gasteiger partial charge in [-0.05, 0) is 43.0 Å². The van der Waals surface area contributed by atoms with Crippen LogP contribution in [-0.4, -0.2) is 25.0 Å². The van der Waals surface area contributed by atoms with E-state index in [4.69, 9.17) is 4.74 Å². The van der Waals surface area contributed by atoms with Crippen LogP contribution in [0.2, 0.25) is 0 Å². The predicted octanol–water partition coefficient (Wildman–Crippen LogP) is 3.08. The smallest absolute Gasteiger partial charge is 0.328 e. The fourth-order valence-electron chi connectivity index (χ4n) is 1.86. The molecule has 5 heteroatoms. The number of nitrogens with one attached hydrogen (secondary N) is 1. The molecule has 0 aliphatic rings. The molecule has 1 atom stereocenters. The molecule has 0 aromatic heterocycles. The van der Waals surface area contributed by atoms with Crippen molar-refractivity contribution in [3.05, 3.63) is 33.8 Å². The number of benzene rings is 1. The Kier molecular flexibility index (Phi) is 6.20. The summed E-state index contributed by atoms with van der Waals surface area (Å²) < 4.78 is 5.68. The van der Waals surface area contributed by atoms with Crippen LogP contribution in [0.1, 0.15) is 36.2 Å². The van der Waals surface area contributed by atoms with Crippen LogP contribution in [0.15, 0.2) is 22.7 Å². The van der Waals surface area contributed by atoms with E-state index in [0.29, 0.717) is 12.0 Å². The third kappa shape index (κ3) is 4.63. The molecule has 1 aromatic rings. The molecule has 0 fully saturated rings. The molecule has 20 heavy (non-hydrogen) atoms. The number of aryl methyl sites for hydroxylation is 1. The standard InChI is InChI=1S/C15H20BrNO3/c1-9(2)7-13(15(19)20-4)17-14(18)11-5-6-12(16)10(3)8-11/h5-6,8-9,13H,7H2,1-4H3,(H,17,18)/t13-/m0/s1. The molecular formula is C15H20BrNO3. The Morgan fingerprint density at radius 1 is 1.35 bits per heavy atom. The minimum absolute atomic E-state index is 0.267. The zero-order chi connectivity index (χ0) is 15.3. The van der Waals surface area contributed by atoms with Gasteiger partial charge in [0.1, 0.15) is 6.04 Å². The second-order valence-electron chi connectivity index (χ2n) is 5.14. The minimum atomic E-state index is -0.614. The zero-order valence-corrected chi connectivity index (χ0v) is 13.8. The van der Waals surface area contributed by atoms with Crippen LogP contribution in [0.5, 0.6) is 0 Å². The molecule has 0 bridgehead atoms. The average Bonchev–Trinajstić information content (AvgIpc) is 2.39. The molecule has 1 N–H and O–H groups in total. The monoisotopic (exact) mass is 341 g/mol. The molecule has 110 valence electrons. The highest BCUT2D eigenvalue weighted by atomic mass is 79.9. The van der Waals surface area contributed by atoms with Gasteiger partial charge in [0.25, 0.3) is 5.91 Å². The summed E-state index contributed by atoms with van der Waals surface area (Å²) in [5.41, 5.74) is 1.50. The van der Waals surface area contributed by atoms with Crippen LogP contribution in [0.3, 0.4) is 0 Å². The van der Waals surface area contributed by atoms with Gasteiger partial charge in [-0.3, -0.25) is 4.79 Å². The molecule has 1 amide bonds. The summed E-state index contributed by atoms with van der Waals surface area (Å²) in [5.74, 6) is -0.399. The molecule has 0 unspecified atom stereocenters. The van der Waals surface area contributed by atoms with Gasteiger partial charge in [0.15, 0.2) is 0 Å². The Bertz CT molecular complexity index is 500. The van der Waals surface area contributed by atoms with E-state index in [9.17, 15) is 9.59 Å². The first-order chi connectivity index (χ1) is 9.35. The Morgan fingerprint density at radius 2 is 2.00 bits per heavy atom. The lowest BCUT2D eigenvalue weighted by Crippen LogP contribution is -2.42. The number of hydrogen-bond acceptors (Lipinski definition) is 3. The Labute approximate surface area is 128 Å². The zero-order valence-electron chi connectivity index (χ0n) is 12.2. The summed E-state index contributed by atoms with van der Waals surface area (Å²) in [6.45, 7) is 5.89. The van der Waals surface area contributed by atoms with Crippen LogP contribution in [0.25, 0.3) is 0 Å². The fraction of sp³-hybridized carbons (Fsp3) is 0.467. The lowest BCUT2D eigenvalue weighted by molar-refractivity contribution is -0.143. The molecule has 0 saturated heterocycles. The highest BCUT2D eigenvalue weighted by Crippen LogP contribution is 2.17. The van der Waals surface area contributed by atoms with Crippen LogP contribution in [0, 0.1) is 12.8 Å². The molecular weight excluding hydrogens is 322 g/mol. The number of rotatable bonds is 5. The molecule has 0 spiro atoms. The van der Waals surface area contributed by atoms with Gasteiger partial charge < -0.3 is 10.1 Å². The van der Waals surface area contributed by atoms with Gasteiger partial charge in [0.2, 0.25) is 0 Å². The van der Waals surface area contributed by atoms with E-state index in [1.54, 1.807) is 12.1 Å². The number of esters is 1. The fourth-order valence-corrected chi connectivity index (χ4v) is 2.10. The van der Waals surface area contributed by atoms with Gasteiger partial charge in [-0.25, -0.2) is 4.79 Å². The van der Waals surface area contributed by atoms with E-state index in [1.807, 2.05) is 26.8 Å². The van der Waals surface area contributed by atoms with Gasteiger partial charge in [-0.15, -0.1) is 0 Å². The molecule has 0 heterocycles. The topological polar surface area (TPSA) is 55.4 Å². The van der Waals surface area contributed by atoms with Crippen LogP contribution in [0.4, 0.5) is 0 Å². The predicted molar refractivity (Wildman–Crippen MR) is 81.6 cm³/mol. The van der Waals surface area contributed by atoms with Gasteiger partial charge in [-0.2, -0.15) is 0 Å². The van der Waals surface area contributed by atoms with E-state index in [2.05, 4.69) is 21.2 Å². The van der Waals surface area contributed by atoms with Crippen molar-refractivity contribution in [2.24, 2.45) is 5.92 Å². The third-order valence-corrected chi connectivity index (χ3v) is 3.81. The Balaban J connectivity index is 2.84. The van der Waals surface area contributed by atoms with Crippen LogP contribution in [-0.2, 0) is 9.53 Å². The summed E-state index contributed by atoms with van der Waals surface area (Å²) in [4.78, 5) is 23.9. The SMILES string of the molecule is COC(=O)[C@H](CC(C)C)NC(=O)c1ccc(Br)c(C)c1. The minimum Gasteiger partial charge on any atom is -0.467 e. The van der Waals surface area contributed by atoms with Crippen molar-refractivity contribution in [3.8, 4) is 0 Å². The number of hydrogen-bond donors (Lipinski definition) is 1. The molecule has 0 aliphatic carbocycles. The van der Waals surface area contributed by atoms with Crippen molar-refractivity contribution in [2.75, 3.05) is 7.11 Å². The Hall–Kier alpha value is -1.36. The third-order valence-electron chi connectivity index (χ3n) is 2.92. The van der Waals surface area contributed by atoms with Gasteiger partial charge >= 0.3 is 5.97 Å². The van der Waals surface area contributed by atoms with E-state index < -0.39 is 12.0 Å². The summed E-state index contributed by atoms with van der Waals surface area (Å²) in [6, 6.07) is 4.70. The number of halogens is 1. The molecule has 1 rings (SSSR count). The molecule has 1 aromatic carbocycles. The molecule has 0 aliphatic heterocycles. The van der Waals surface area contributed by atoms with E-state index >= 15 is 0 Å². The first-order valence-electron chi connectivity index (χ1n) is 6.50. The van der Waals surface area contributed by atoms with E-state index in [-0.39, 0.29) is 11.8 Å². The maximum Gasteiger partial charge on any atom is 0.328 e. The highest BCUT2D eigenvalue weighted by Gasteiger charge is 2.23. The summed E-state index contributed by atoms with van der Waals surface area (Å²) in [5, 5.41) is 2.73. The maximum atomic E-state index is 12.2. The number of methoxy groups -OCH3 is 1. The van der Waals surface area contributed by atoms with Gasteiger partial charge in [0.05, 0.1) is 7.11 Å². The van der Waals surface area contributed by atoms with Crippen LogP contribution >= 0.6 is 15.9 Å². The normalized spacial score (nSPS) is 12.1. The van der Waals surface area contributed by atoms with Gasteiger partial charge in [0, 0.05) is 10.0 Å². The van der Waals surface area contributed by atoms with Crippen molar-refractivity contribution in [2.45, 2.75) is 33.2 Å². The van der Waals surface area contributed by atoms with Crippen molar-refractivity contribution >= 4 is 27.8 Å². The van der Waals surface area contributed by atoms with E-state index in [1.165, 1.54) is 7.11 Å². The second-order valence-corrected chi connectivity index (χ2v) is 6.00. The highest BCUT2D eigenvalue weighted by molar-refractivity contribution is 9.10. The van der Waals surface area contributed by atoms with Gasteiger partial charge in [-0.1, -0.05) is 29.8 Å². The number of ether oxygens (including phenoxy) is 1. The Morgan fingerprint density at radius 3 is 2.50 bits per heavy atom. The summed E-state index contributed by atoms with van der Waals surface area (Å²) in [6.07, 6.45) is 0.550. The van der Waals surface area contributed by atoms with Crippen molar-refractivity contribution < 1.29 is 14.3 Å². The number of carbonyl (C=O) groups is 2. The lowest BCUT2D eigenvalue weighted by Gasteiger charge is -2.18. The summed E-state index contributed by atoms with van der Waals surface area (Å²) >= 11 is 3.39. The molecule has 0 radical (unpaired) electrons. The van der Waals surface area contributed by atoms with E-state index in [0.717, 1.165) is 10.0 Å². The second kappa shape index (κ2) is 7.43. The molecule has 4 nitrogen and oxygen atoms in total. The lowest BCUT2D eigenvalue weighted by atomic mass is 10.0. The van der Waals surface area contributed by atoms with Crippen LogP contribution < -0.4 is 5.32 Å². The van der Waals surface area contributed by atoms with Crippen molar-refractivity contribution in [1.29, 1.82) is 0 Å². The summed E-state index contributed by atoms with van der Waals surface area (Å²) in [7, 11) is 1.32.